The van der Waals surface area contributed by atoms with Crippen LogP contribution in [0.25, 0.3) is 11.1 Å². The highest BCUT2D eigenvalue weighted by Gasteiger charge is 2.18. The molecule has 0 saturated carbocycles. The lowest BCUT2D eigenvalue weighted by molar-refractivity contribution is -0.140. The molecule has 0 bridgehead atoms. The van der Waals surface area contributed by atoms with Gasteiger partial charge in [0.05, 0.1) is 35.6 Å². The topological polar surface area (TPSA) is 212 Å². The number of benzene rings is 3. The van der Waals surface area contributed by atoms with Crippen LogP contribution in [0.5, 0.6) is 11.5 Å². The molecule has 312 valence electrons. The minimum atomic E-state index is -1.07. The molecule has 2 atom stereocenters. The Bertz CT molecular complexity index is 2350. The van der Waals surface area contributed by atoms with E-state index in [4.69, 9.17) is 31.3 Å². The molecule has 0 unspecified atom stereocenters. The van der Waals surface area contributed by atoms with Crippen molar-refractivity contribution in [2.75, 3.05) is 6.54 Å². The molecule has 0 aliphatic carbocycles. The molecular weight excluding hydrogens is 788 g/mol. The number of hydrogen-bond donors (Lipinski definition) is 5. The first kappa shape index (κ1) is 44.9. The number of rotatable bonds is 22. The van der Waals surface area contributed by atoms with Gasteiger partial charge in [0.15, 0.2) is 5.78 Å². The van der Waals surface area contributed by atoms with Crippen LogP contribution in [0.3, 0.4) is 0 Å². The van der Waals surface area contributed by atoms with Gasteiger partial charge in [0, 0.05) is 49.7 Å². The number of Topliss-reactive ketones (excluding diaryl/α,β-unsaturated/α-hetero) is 1. The molecule has 2 aromatic heterocycles. The molecule has 0 saturated heterocycles. The van der Waals surface area contributed by atoms with E-state index in [-0.39, 0.29) is 51.2 Å². The van der Waals surface area contributed by atoms with E-state index in [0.717, 1.165) is 44.5 Å². The van der Waals surface area contributed by atoms with Gasteiger partial charge < -0.3 is 35.2 Å². The minimum absolute atomic E-state index is 0.117. The Balaban J connectivity index is 1.28. The monoisotopic (exact) mass is 834 g/mol. The van der Waals surface area contributed by atoms with Crippen LogP contribution in [-0.4, -0.2) is 66.9 Å². The van der Waals surface area contributed by atoms with Crippen molar-refractivity contribution in [1.82, 2.24) is 15.3 Å². The third-order valence-electron chi connectivity index (χ3n) is 9.97. The fraction of sp³-hybridized carbons (Fsp3) is 0.304. The smallest absolute Gasteiger partial charge is 0.306 e. The molecule has 14 heteroatoms. The Morgan fingerprint density at radius 1 is 0.800 bits per heavy atom. The van der Waals surface area contributed by atoms with Crippen LogP contribution < -0.4 is 14.8 Å². The first-order valence-electron chi connectivity index (χ1n) is 19.4. The summed E-state index contributed by atoms with van der Waals surface area (Å²) in [6.45, 7) is 4.79. The van der Waals surface area contributed by atoms with E-state index in [1.54, 1.807) is 42.7 Å². The molecule has 60 heavy (non-hydrogen) atoms. The number of aliphatic hydroxyl groups excluding tert-OH is 2. The number of nitrogens with one attached hydrogen (secondary N) is 1. The number of aliphatic hydroxyl groups is 2. The lowest BCUT2D eigenvalue weighted by Crippen LogP contribution is -2.28. The Morgan fingerprint density at radius 2 is 1.48 bits per heavy atom. The van der Waals surface area contributed by atoms with E-state index in [0.29, 0.717) is 52.7 Å². The van der Waals surface area contributed by atoms with Crippen LogP contribution in [0, 0.1) is 25.2 Å². The molecule has 5 rings (SSSR count). The molecule has 13 nitrogen and oxygen atoms in total. The third-order valence-corrected chi connectivity index (χ3v) is 10.3. The lowest BCUT2D eigenvalue weighted by atomic mass is 9.90. The molecule has 2 heterocycles. The van der Waals surface area contributed by atoms with Gasteiger partial charge in [-0.25, -0.2) is 0 Å². The number of aliphatic carboxylic acids is 2. The van der Waals surface area contributed by atoms with Gasteiger partial charge in [0.2, 0.25) is 0 Å². The van der Waals surface area contributed by atoms with Gasteiger partial charge >= 0.3 is 11.9 Å². The lowest BCUT2D eigenvalue weighted by Gasteiger charge is -2.18. The van der Waals surface area contributed by atoms with E-state index in [2.05, 4.69) is 21.4 Å². The predicted molar refractivity (Wildman–Crippen MR) is 224 cm³/mol. The predicted octanol–water partition coefficient (Wildman–Crippen LogP) is 6.95. The van der Waals surface area contributed by atoms with Gasteiger partial charge in [-0.1, -0.05) is 54.1 Å². The Kier molecular flexibility index (Phi) is 16.3. The van der Waals surface area contributed by atoms with Crippen LogP contribution in [-0.2, 0) is 42.2 Å². The van der Waals surface area contributed by atoms with Gasteiger partial charge in [-0.15, -0.1) is 0 Å². The Morgan fingerprint density at radius 3 is 2.17 bits per heavy atom. The number of aromatic nitrogens is 2. The maximum absolute atomic E-state index is 13.4. The fourth-order valence-electron chi connectivity index (χ4n) is 6.71. The zero-order valence-electron chi connectivity index (χ0n) is 33.4. The van der Waals surface area contributed by atoms with Crippen LogP contribution in [0.15, 0.2) is 85.3 Å². The number of pyridine rings is 2. The van der Waals surface area contributed by atoms with Gasteiger partial charge in [-0.3, -0.25) is 24.4 Å². The average molecular weight is 835 g/mol. The summed E-state index contributed by atoms with van der Waals surface area (Å²) in [6.07, 6.45) is 3.38. The quantitative estimate of drug-likeness (QED) is 0.0447. The van der Waals surface area contributed by atoms with E-state index in [1.165, 1.54) is 6.20 Å². The summed E-state index contributed by atoms with van der Waals surface area (Å²) in [7, 11) is 0. The second kappa shape index (κ2) is 21.7. The Labute approximate surface area is 353 Å². The van der Waals surface area contributed by atoms with Gasteiger partial charge in [-0.2, -0.15) is 5.26 Å². The van der Waals surface area contributed by atoms with Crippen molar-refractivity contribution in [2.45, 2.75) is 84.3 Å². The molecule has 0 spiro atoms. The number of carboxylic acid groups (broad SMARTS) is 2. The Hall–Kier alpha value is -6.17. The van der Waals surface area contributed by atoms with E-state index in [1.807, 2.05) is 50.2 Å². The van der Waals surface area contributed by atoms with Crippen molar-refractivity contribution in [3.05, 3.63) is 141 Å². The number of carbonyl (C=O) groups is 3. The number of nitrogens with zero attached hydrogens (tertiary/aromatic N) is 3. The number of ketones is 1. The molecular formula is C46H47ClN4O9. The number of nitriles is 1. The summed E-state index contributed by atoms with van der Waals surface area (Å²) >= 11 is 6.76. The van der Waals surface area contributed by atoms with Crippen molar-refractivity contribution in [2.24, 2.45) is 0 Å². The highest BCUT2D eigenvalue weighted by atomic mass is 35.5. The molecule has 5 N–H and O–H groups in total. The maximum atomic E-state index is 13.4. The zero-order valence-corrected chi connectivity index (χ0v) is 34.1. The van der Waals surface area contributed by atoms with Gasteiger partial charge in [0.1, 0.15) is 36.5 Å². The van der Waals surface area contributed by atoms with Gasteiger partial charge in [0.25, 0.3) is 0 Å². The van der Waals surface area contributed by atoms with Crippen molar-refractivity contribution in [3.8, 4) is 28.7 Å². The standard InChI is InChI=1S/C46H47ClN4O9/c1-28-33(16-42(54)41-13-12-30(24-51-41)21-50-25-37(53)18-46(57)58)6-4-10-38(28)39-11-5-8-35(29(39)2)27-60-44-19-43(59-26-32-14-31(20-48)22-49-23-32)34(15-40(44)47)7-3-9-36(52)17-45(55)56/h4-6,8,10-15,19,22-24,36-37,50,52-53H,3,7,9,16-18,21,25-27H2,1-2H3,(H,55,56)(H,57,58)/t36-,37+/m1/s1. The number of aryl methyl sites for hydroxylation is 1. The summed E-state index contributed by atoms with van der Waals surface area (Å²) in [4.78, 5) is 43.6. The van der Waals surface area contributed by atoms with Crippen molar-refractivity contribution in [3.63, 3.8) is 0 Å². The fourth-order valence-corrected chi connectivity index (χ4v) is 6.95. The summed E-state index contributed by atoms with van der Waals surface area (Å²) in [5, 5.41) is 50.3. The number of ether oxygens (including phenoxy) is 2. The SMILES string of the molecule is Cc1c(COc2cc(OCc3cncc(C#N)c3)c(CCC[C@@H](O)CC(=O)O)cc2Cl)cccc1-c1cccc(CC(=O)c2ccc(CNC[C@@H](O)CC(=O)O)cn2)c1C. The number of hydrogen-bond acceptors (Lipinski definition) is 11. The maximum Gasteiger partial charge on any atom is 0.306 e. The zero-order chi connectivity index (χ0) is 43.2. The minimum Gasteiger partial charge on any atom is -0.488 e. The summed E-state index contributed by atoms with van der Waals surface area (Å²) in [5.41, 5.74) is 8.63. The highest BCUT2D eigenvalue weighted by molar-refractivity contribution is 6.32. The van der Waals surface area contributed by atoms with Crippen LogP contribution in [0.1, 0.15) is 80.7 Å². The van der Waals surface area contributed by atoms with Crippen LogP contribution >= 0.6 is 11.6 Å². The molecule has 0 fully saturated rings. The molecule has 0 amide bonds. The van der Waals surface area contributed by atoms with Crippen molar-refractivity contribution in [1.29, 1.82) is 5.26 Å². The molecule has 0 aliphatic rings. The molecule has 5 aromatic rings. The van der Waals surface area contributed by atoms with Crippen molar-refractivity contribution >= 4 is 29.3 Å². The van der Waals surface area contributed by atoms with Crippen LogP contribution in [0.4, 0.5) is 0 Å². The number of carboxylic acids is 2. The van der Waals surface area contributed by atoms with Crippen LogP contribution in [0.2, 0.25) is 5.02 Å². The first-order chi connectivity index (χ1) is 28.8. The number of carbonyl (C=O) groups excluding carboxylic acids is 1. The molecule has 3 aromatic carbocycles. The van der Waals surface area contributed by atoms with Crippen molar-refractivity contribution < 1.29 is 44.3 Å². The third kappa shape index (κ3) is 12.9. The second-order valence-electron chi connectivity index (χ2n) is 14.5. The summed E-state index contributed by atoms with van der Waals surface area (Å²) in [5.74, 6) is -1.40. The molecule has 0 radical (unpaired) electrons. The van der Waals surface area contributed by atoms with E-state index < -0.39 is 24.1 Å². The van der Waals surface area contributed by atoms with E-state index >= 15 is 0 Å². The first-order valence-corrected chi connectivity index (χ1v) is 19.8. The normalized spacial score (nSPS) is 12.0. The van der Waals surface area contributed by atoms with E-state index in [9.17, 15) is 29.9 Å². The summed E-state index contributed by atoms with van der Waals surface area (Å²) < 4.78 is 12.5. The molecule has 0 aliphatic heterocycles. The largest absolute Gasteiger partial charge is 0.488 e. The van der Waals surface area contributed by atoms with Gasteiger partial charge in [-0.05, 0) is 95.8 Å². The average Bonchev–Trinajstić information content (AvgIpc) is 3.21. The summed E-state index contributed by atoms with van der Waals surface area (Å²) in [6, 6.07) is 22.5. The number of halogens is 1. The second-order valence-corrected chi connectivity index (χ2v) is 14.9. The highest BCUT2D eigenvalue weighted by Crippen LogP contribution is 2.36.